The molecule has 4 heterocycles. The summed E-state index contributed by atoms with van der Waals surface area (Å²) in [6, 6.07) is 39.1. The monoisotopic (exact) mass is 758 g/mol. The highest BCUT2D eigenvalue weighted by Crippen LogP contribution is 2.52. The fraction of sp³-hybridized carbons (Fsp3) is 0.385. The maximum atomic E-state index is 5.07. The quantitative estimate of drug-likeness (QED) is 0.0971. The molecule has 8 rings (SSSR count). The Labute approximate surface area is 342 Å². The lowest BCUT2D eigenvalue weighted by atomic mass is 9.69. The first kappa shape index (κ1) is 38.9. The third-order valence-electron chi connectivity index (χ3n) is 13.9. The van der Waals surface area contributed by atoms with E-state index in [-0.39, 0.29) is 11.7 Å². The van der Waals surface area contributed by atoms with Crippen LogP contribution in [0.5, 0.6) is 0 Å². The summed E-state index contributed by atoms with van der Waals surface area (Å²) in [6.45, 7) is 21.2. The van der Waals surface area contributed by atoms with Gasteiger partial charge in [0.15, 0.2) is 6.17 Å². The molecule has 5 heteroatoms. The van der Waals surface area contributed by atoms with Crippen molar-refractivity contribution in [3.05, 3.63) is 144 Å². The SMILES string of the molecule is CCC1(CC)C(CCc2ccccc2[N+]2(C)c3ncccc3N(C(C)C)C2C)c2ccccc2-c2n(-c3c(C(C)C)cc(-c4ccccc4)cc3C(C)C)cc[n+]21. The number of quaternary nitrogens is 1. The second-order valence-electron chi connectivity index (χ2n) is 17.7. The first-order valence-corrected chi connectivity index (χ1v) is 21.6. The van der Waals surface area contributed by atoms with Gasteiger partial charge in [0.25, 0.3) is 11.6 Å². The fourth-order valence-electron chi connectivity index (χ4n) is 10.9. The summed E-state index contributed by atoms with van der Waals surface area (Å²) in [6.07, 6.45) is 11.2. The zero-order valence-electron chi connectivity index (χ0n) is 36.0. The first-order valence-electron chi connectivity index (χ1n) is 21.6. The molecule has 0 spiro atoms. The second-order valence-corrected chi connectivity index (χ2v) is 17.7. The van der Waals surface area contributed by atoms with E-state index in [4.69, 9.17) is 4.98 Å². The molecule has 0 radical (unpaired) electrons. The Morgan fingerprint density at radius 2 is 1.42 bits per heavy atom. The molecule has 0 saturated heterocycles. The molecule has 2 aliphatic rings. The highest BCUT2D eigenvalue weighted by Gasteiger charge is 2.52. The molecule has 4 aromatic carbocycles. The molecule has 2 aliphatic heterocycles. The normalized spacial score (nSPS) is 19.6. The number of benzene rings is 4. The molecular weight excluding hydrogens is 695 g/mol. The molecule has 5 nitrogen and oxygen atoms in total. The minimum absolute atomic E-state index is 0.0775. The molecule has 0 amide bonds. The number of rotatable bonds is 11. The van der Waals surface area contributed by atoms with Crippen LogP contribution in [-0.2, 0) is 12.0 Å². The number of pyridine rings is 1. The number of para-hydroxylation sites is 1. The summed E-state index contributed by atoms with van der Waals surface area (Å²) in [5.41, 5.74) is 13.5. The van der Waals surface area contributed by atoms with E-state index in [1.54, 1.807) is 0 Å². The minimum Gasteiger partial charge on any atom is -0.313 e. The van der Waals surface area contributed by atoms with E-state index in [2.05, 4.69) is 199 Å². The largest absolute Gasteiger partial charge is 0.313 e. The molecule has 294 valence electrons. The molecular formula is C52H63N5+2. The van der Waals surface area contributed by atoms with Crippen LogP contribution in [0.1, 0.15) is 122 Å². The van der Waals surface area contributed by atoms with Gasteiger partial charge in [0.2, 0.25) is 0 Å². The van der Waals surface area contributed by atoms with Crippen LogP contribution in [0.25, 0.3) is 28.2 Å². The molecule has 0 fully saturated rings. The average Bonchev–Trinajstić information content (AvgIpc) is 3.77. The van der Waals surface area contributed by atoms with E-state index < -0.39 is 0 Å². The van der Waals surface area contributed by atoms with E-state index in [1.807, 2.05) is 6.20 Å². The molecule has 57 heavy (non-hydrogen) atoms. The lowest BCUT2D eigenvalue weighted by Gasteiger charge is -2.42. The van der Waals surface area contributed by atoms with Gasteiger partial charge in [-0.15, -0.1) is 0 Å². The molecule has 2 aromatic heterocycles. The van der Waals surface area contributed by atoms with Crippen molar-refractivity contribution in [2.75, 3.05) is 11.9 Å². The van der Waals surface area contributed by atoms with Crippen LogP contribution < -0.4 is 14.0 Å². The van der Waals surface area contributed by atoms with Gasteiger partial charge in [-0.3, -0.25) is 0 Å². The minimum atomic E-state index is -0.0775. The Balaban J connectivity index is 1.24. The molecule has 0 bridgehead atoms. The Morgan fingerprint density at radius 1 is 0.772 bits per heavy atom. The molecule has 0 N–H and O–H groups in total. The van der Waals surface area contributed by atoms with Crippen LogP contribution in [0, 0.1) is 0 Å². The number of anilines is 1. The zero-order chi connectivity index (χ0) is 40.2. The van der Waals surface area contributed by atoms with E-state index in [1.165, 1.54) is 61.8 Å². The number of fused-ring (bicyclic) bond motifs is 4. The summed E-state index contributed by atoms with van der Waals surface area (Å²) in [7, 11) is 2.38. The van der Waals surface area contributed by atoms with Gasteiger partial charge in [0.05, 0.1) is 12.6 Å². The van der Waals surface area contributed by atoms with Crippen LogP contribution in [0.2, 0.25) is 0 Å². The van der Waals surface area contributed by atoms with Crippen molar-refractivity contribution in [2.45, 2.75) is 123 Å². The van der Waals surface area contributed by atoms with Gasteiger partial charge in [-0.05, 0) is 104 Å². The van der Waals surface area contributed by atoms with Crippen molar-refractivity contribution in [3.63, 3.8) is 0 Å². The van der Waals surface area contributed by atoms with E-state index in [9.17, 15) is 0 Å². The van der Waals surface area contributed by atoms with Crippen LogP contribution in [0.3, 0.4) is 0 Å². The highest BCUT2D eigenvalue weighted by atomic mass is 15.6. The van der Waals surface area contributed by atoms with E-state index >= 15 is 0 Å². The molecule has 3 atom stereocenters. The summed E-state index contributed by atoms with van der Waals surface area (Å²) < 4.78 is 5.94. The smallest absolute Gasteiger partial charge is 0.294 e. The van der Waals surface area contributed by atoms with Crippen LogP contribution in [0.15, 0.2) is 122 Å². The first-order chi connectivity index (χ1) is 27.5. The molecule has 0 saturated carbocycles. The number of aromatic nitrogens is 3. The van der Waals surface area contributed by atoms with Gasteiger partial charge in [0, 0.05) is 41.8 Å². The molecule has 6 aromatic rings. The number of imidazole rings is 1. The van der Waals surface area contributed by atoms with Crippen LogP contribution in [0.4, 0.5) is 17.2 Å². The summed E-state index contributed by atoms with van der Waals surface area (Å²) >= 11 is 0. The van der Waals surface area contributed by atoms with Crippen molar-refractivity contribution in [1.82, 2.24) is 14.0 Å². The van der Waals surface area contributed by atoms with Crippen molar-refractivity contribution < 1.29 is 4.57 Å². The van der Waals surface area contributed by atoms with Crippen LogP contribution >= 0.6 is 0 Å². The summed E-state index contributed by atoms with van der Waals surface area (Å²) in [5, 5.41) is 0. The Hall–Kier alpha value is -5.00. The predicted octanol–water partition coefficient (Wildman–Crippen LogP) is 12.8. The third kappa shape index (κ3) is 6.07. The zero-order valence-corrected chi connectivity index (χ0v) is 36.0. The molecule has 3 unspecified atom stereocenters. The Kier molecular flexibility index (Phi) is 10.3. The average molecular weight is 758 g/mol. The van der Waals surface area contributed by atoms with Crippen molar-refractivity contribution in [1.29, 1.82) is 0 Å². The summed E-state index contributed by atoms with van der Waals surface area (Å²) in [5.74, 6) is 3.51. The Bertz CT molecular complexity index is 2350. The van der Waals surface area contributed by atoms with Gasteiger partial charge in [0.1, 0.15) is 35.0 Å². The van der Waals surface area contributed by atoms with Crippen molar-refractivity contribution in [2.24, 2.45) is 0 Å². The number of hydrogen-bond donors (Lipinski definition) is 0. The van der Waals surface area contributed by atoms with Gasteiger partial charge < -0.3 is 4.90 Å². The van der Waals surface area contributed by atoms with Crippen LogP contribution in [-0.4, -0.2) is 28.8 Å². The topological polar surface area (TPSA) is 24.9 Å². The molecule has 0 aliphatic carbocycles. The summed E-state index contributed by atoms with van der Waals surface area (Å²) in [4.78, 5) is 7.63. The fourth-order valence-corrected chi connectivity index (χ4v) is 10.9. The second kappa shape index (κ2) is 15.1. The lowest BCUT2D eigenvalue weighted by Crippen LogP contribution is -2.61. The van der Waals surface area contributed by atoms with Gasteiger partial charge in [-0.1, -0.05) is 108 Å². The lowest BCUT2D eigenvalue weighted by molar-refractivity contribution is -0.762. The highest BCUT2D eigenvalue weighted by molar-refractivity contribution is 5.78. The van der Waals surface area contributed by atoms with Crippen molar-refractivity contribution >= 4 is 17.2 Å². The van der Waals surface area contributed by atoms with Crippen molar-refractivity contribution in [3.8, 4) is 28.2 Å². The van der Waals surface area contributed by atoms with Gasteiger partial charge in [-0.25, -0.2) is 14.0 Å². The van der Waals surface area contributed by atoms with Gasteiger partial charge >= 0.3 is 0 Å². The van der Waals surface area contributed by atoms with E-state index in [0.29, 0.717) is 28.3 Å². The standard InChI is InChI=1S/C52H63N5/c1-11-52(12-2)46(29-28-40-23-16-19-27-48(40)57(10)38(9)56(37(7)8)47-26-20-30-53-50(47)57)42-24-17-18-25-43(42)51-54(31-32-55(51)52)49-44(35(3)4)33-41(34-45(49)36(5)6)39-21-14-13-15-22-39/h13-27,30-38,46H,11-12,28-29H2,1-10H3/q+2. The number of hydrogen-bond acceptors (Lipinski definition) is 2. The number of nitrogens with zero attached hydrogens (tertiary/aromatic N) is 5. The Morgan fingerprint density at radius 3 is 2.09 bits per heavy atom. The maximum absolute atomic E-state index is 5.07. The van der Waals surface area contributed by atoms with Gasteiger partial charge in [-0.2, -0.15) is 4.57 Å². The third-order valence-corrected chi connectivity index (χ3v) is 13.9. The maximum Gasteiger partial charge on any atom is 0.294 e. The predicted molar refractivity (Wildman–Crippen MR) is 240 cm³/mol. The van der Waals surface area contributed by atoms with E-state index in [0.717, 1.165) is 31.5 Å². The number of aryl methyl sites for hydroxylation is 1.